The molecule has 0 saturated carbocycles. The summed E-state index contributed by atoms with van der Waals surface area (Å²) in [7, 11) is 0. The molecule has 2 rings (SSSR count). The summed E-state index contributed by atoms with van der Waals surface area (Å²) in [4.78, 5) is 3.98. The Hall–Kier alpha value is -2.09. The lowest BCUT2D eigenvalue weighted by atomic mass is 10.3. The molecule has 0 atom stereocenters. The molecule has 0 radical (unpaired) electrons. The largest absolute Gasteiger partial charge is 0.472 e. The average molecular weight is 175 g/mol. The van der Waals surface area contributed by atoms with Gasteiger partial charge in [-0.1, -0.05) is 5.16 Å². The first-order valence-electron chi connectivity index (χ1n) is 3.62. The van der Waals surface area contributed by atoms with Gasteiger partial charge in [0.1, 0.15) is 12.7 Å². The summed E-state index contributed by atoms with van der Waals surface area (Å²) >= 11 is 0. The highest BCUT2D eigenvalue weighted by atomic mass is 16.5. The van der Waals surface area contributed by atoms with Gasteiger partial charge in [0, 0.05) is 0 Å². The van der Waals surface area contributed by atoms with Crippen molar-refractivity contribution >= 4 is 0 Å². The van der Waals surface area contributed by atoms with Crippen molar-refractivity contribution < 1.29 is 8.94 Å². The zero-order valence-corrected chi connectivity index (χ0v) is 6.60. The van der Waals surface area contributed by atoms with Gasteiger partial charge in [0.15, 0.2) is 0 Å². The minimum Gasteiger partial charge on any atom is -0.472 e. The Labute approximate surface area is 73.6 Å². The maximum absolute atomic E-state index is 8.36. The second kappa shape index (κ2) is 3.11. The van der Waals surface area contributed by atoms with Gasteiger partial charge in [0.2, 0.25) is 11.7 Å². The van der Waals surface area contributed by atoms with Crippen LogP contribution in [0.25, 0.3) is 11.4 Å². The van der Waals surface area contributed by atoms with Gasteiger partial charge < -0.3 is 8.94 Å². The molecule has 5 nitrogen and oxygen atoms in total. The minimum atomic E-state index is 0.130. The third kappa shape index (κ3) is 1.42. The van der Waals surface area contributed by atoms with Gasteiger partial charge in [-0.3, -0.25) is 0 Å². The topological polar surface area (TPSA) is 75.8 Å². The van der Waals surface area contributed by atoms with Crippen LogP contribution in [0.4, 0.5) is 0 Å². The van der Waals surface area contributed by atoms with Crippen LogP contribution in [0, 0.1) is 11.3 Å². The number of hydrogen-bond acceptors (Lipinski definition) is 5. The van der Waals surface area contributed by atoms with Crippen LogP contribution in [-0.2, 0) is 6.42 Å². The van der Waals surface area contributed by atoms with Gasteiger partial charge >= 0.3 is 0 Å². The van der Waals surface area contributed by atoms with Crippen LogP contribution in [0.5, 0.6) is 0 Å². The van der Waals surface area contributed by atoms with E-state index in [-0.39, 0.29) is 6.42 Å². The van der Waals surface area contributed by atoms with Crippen LogP contribution in [0.15, 0.2) is 27.5 Å². The molecule has 0 amide bonds. The van der Waals surface area contributed by atoms with Gasteiger partial charge in [0.05, 0.1) is 17.9 Å². The standard InChI is InChI=1S/C8H5N3O2/c9-3-1-7-10-8(11-13-7)6-2-4-12-5-6/h2,4-5H,1H2. The lowest BCUT2D eigenvalue weighted by Gasteiger charge is -1.80. The third-order valence-electron chi connectivity index (χ3n) is 1.48. The molecule has 0 N–H and O–H groups in total. The molecule has 5 heteroatoms. The fourth-order valence-corrected chi connectivity index (χ4v) is 0.903. The van der Waals surface area contributed by atoms with E-state index in [0.717, 1.165) is 5.56 Å². The van der Waals surface area contributed by atoms with E-state index in [1.165, 1.54) is 12.5 Å². The van der Waals surface area contributed by atoms with Crippen molar-refractivity contribution in [3.8, 4) is 17.5 Å². The summed E-state index contributed by atoms with van der Waals surface area (Å²) in [6.07, 6.45) is 3.17. The zero-order valence-electron chi connectivity index (χ0n) is 6.60. The first-order valence-corrected chi connectivity index (χ1v) is 3.62. The Kier molecular flexibility index (Phi) is 1.81. The van der Waals surface area contributed by atoms with Crippen molar-refractivity contribution in [2.45, 2.75) is 6.42 Å². The van der Waals surface area contributed by atoms with Crippen molar-refractivity contribution in [1.82, 2.24) is 10.1 Å². The molecule has 0 aliphatic carbocycles. The van der Waals surface area contributed by atoms with Crippen molar-refractivity contribution in [2.24, 2.45) is 0 Å². The van der Waals surface area contributed by atoms with Crippen LogP contribution >= 0.6 is 0 Å². The van der Waals surface area contributed by atoms with Gasteiger partial charge in [-0.15, -0.1) is 0 Å². The van der Waals surface area contributed by atoms with Crippen LogP contribution in [0.3, 0.4) is 0 Å². The van der Waals surface area contributed by atoms with Crippen LogP contribution in [-0.4, -0.2) is 10.1 Å². The molecule has 0 bridgehead atoms. The summed E-state index contributed by atoms with van der Waals surface area (Å²) in [5.41, 5.74) is 0.743. The molecule has 0 aromatic carbocycles. The highest BCUT2D eigenvalue weighted by molar-refractivity contribution is 5.51. The molecular formula is C8H5N3O2. The Morgan fingerprint density at radius 3 is 3.15 bits per heavy atom. The SMILES string of the molecule is N#CCc1nc(-c2ccoc2)no1. The fourth-order valence-electron chi connectivity index (χ4n) is 0.903. The molecule has 64 valence electrons. The number of hydrogen-bond donors (Lipinski definition) is 0. The van der Waals surface area contributed by atoms with Crippen LogP contribution in [0.1, 0.15) is 5.89 Å². The fraction of sp³-hybridized carbons (Fsp3) is 0.125. The summed E-state index contributed by atoms with van der Waals surface area (Å²) in [5, 5.41) is 12.0. The molecule has 2 heterocycles. The van der Waals surface area contributed by atoms with Crippen molar-refractivity contribution in [2.75, 3.05) is 0 Å². The Bertz CT molecular complexity index is 424. The molecule has 0 saturated heterocycles. The minimum absolute atomic E-state index is 0.130. The van der Waals surface area contributed by atoms with Gasteiger partial charge in [-0.05, 0) is 6.07 Å². The number of nitrogens with zero attached hydrogens (tertiary/aromatic N) is 3. The number of furan rings is 1. The van der Waals surface area contributed by atoms with E-state index in [4.69, 9.17) is 14.2 Å². The normalized spacial score (nSPS) is 9.77. The molecular weight excluding hydrogens is 170 g/mol. The van der Waals surface area contributed by atoms with E-state index in [1.54, 1.807) is 6.07 Å². The second-order valence-corrected chi connectivity index (χ2v) is 2.36. The third-order valence-corrected chi connectivity index (χ3v) is 1.48. The van der Waals surface area contributed by atoms with E-state index in [2.05, 4.69) is 10.1 Å². The number of rotatable bonds is 2. The average Bonchev–Trinajstić information content (AvgIpc) is 2.70. The predicted molar refractivity (Wildman–Crippen MR) is 41.3 cm³/mol. The van der Waals surface area contributed by atoms with Gasteiger partial charge in [-0.25, -0.2) is 0 Å². The highest BCUT2D eigenvalue weighted by Gasteiger charge is 2.08. The van der Waals surface area contributed by atoms with Gasteiger partial charge in [0.25, 0.3) is 0 Å². The first kappa shape index (κ1) is 7.55. The predicted octanol–water partition coefficient (Wildman–Crippen LogP) is 1.40. The van der Waals surface area contributed by atoms with Crippen molar-refractivity contribution in [1.29, 1.82) is 5.26 Å². The number of nitriles is 1. The zero-order chi connectivity index (χ0) is 9.10. The second-order valence-electron chi connectivity index (χ2n) is 2.36. The van der Waals surface area contributed by atoms with Crippen molar-refractivity contribution in [3.63, 3.8) is 0 Å². The summed E-state index contributed by atoms with van der Waals surface area (Å²) in [6, 6.07) is 3.65. The molecule has 0 aliphatic heterocycles. The summed E-state index contributed by atoms with van der Waals surface area (Å²) in [6.45, 7) is 0. The van der Waals surface area contributed by atoms with Crippen LogP contribution in [0.2, 0.25) is 0 Å². The molecule has 0 fully saturated rings. The molecule has 0 aliphatic rings. The smallest absolute Gasteiger partial charge is 0.241 e. The summed E-state index contributed by atoms with van der Waals surface area (Å²) in [5.74, 6) is 0.762. The van der Waals surface area contributed by atoms with E-state index < -0.39 is 0 Å². The molecule has 2 aromatic heterocycles. The van der Waals surface area contributed by atoms with E-state index in [9.17, 15) is 0 Å². The van der Waals surface area contributed by atoms with E-state index in [1.807, 2.05) is 6.07 Å². The highest BCUT2D eigenvalue weighted by Crippen LogP contribution is 2.15. The molecule has 2 aromatic rings. The van der Waals surface area contributed by atoms with Crippen LogP contribution < -0.4 is 0 Å². The Balaban J connectivity index is 2.29. The maximum Gasteiger partial charge on any atom is 0.241 e. The number of aromatic nitrogens is 2. The lowest BCUT2D eigenvalue weighted by molar-refractivity contribution is 0.388. The van der Waals surface area contributed by atoms with Crippen molar-refractivity contribution in [3.05, 3.63) is 24.5 Å². The first-order chi connectivity index (χ1) is 6.40. The summed E-state index contributed by atoms with van der Waals surface area (Å²) < 4.78 is 9.66. The van der Waals surface area contributed by atoms with Gasteiger partial charge in [-0.2, -0.15) is 10.2 Å². The molecule has 0 unspecified atom stereocenters. The Morgan fingerprint density at radius 1 is 1.54 bits per heavy atom. The lowest BCUT2D eigenvalue weighted by Crippen LogP contribution is -1.80. The van der Waals surface area contributed by atoms with E-state index in [0.29, 0.717) is 11.7 Å². The molecule has 13 heavy (non-hydrogen) atoms. The monoisotopic (exact) mass is 175 g/mol. The molecule has 0 spiro atoms. The maximum atomic E-state index is 8.36. The quantitative estimate of drug-likeness (QED) is 0.689. The Morgan fingerprint density at radius 2 is 2.46 bits per heavy atom. The van der Waals surface area contributed by atoms with E-state index >= 15 is 0 Å².